The third-order valence-electron chi connectivity index (χ3n) is 2.25. The minimum absolute atomic E-state index is 0.421. The highest BCUT2D eigenvalue weighted by Gasteiger charge is 2.03. The molecular formula is C11H21N3O. The first-order valence-electron chi connectivity index (χ1n) is 5.54. The van der Waals surface area contributed by atoms with E-state index in [1.807, 2.05) is 17.1 Å². The molecule has 0 aliphatic heterocycles. The van der Waals surface area contributed by atoms with Crippen molar-refractivity contribution in [2.45, 2.75) is 39.3 Å². The van der Waals surface area contributed by atoms with E-state index in [0.29, 0.717) is 6.04 Å². The van der Waals surface area contributed by atoms with Crippen LogP contribution in [-0.2, 0) is 11.3 Å². The molecule has 86 valence electrons. The van der Waals surface area contributed by atoms with Crippen molar-refractivity contribution in [3.05, 3.63) is 12.4 Å². The minimum Gasteiger partial charge on any atom is -0.385 e. The molecule has 1 atom stereocenters. The number of ether oxygens (including phenoxy) is 1. The van der Waals surface area contributed by atoms with Gasteiger partial charge in [0, 0.05) is 32.5 Å². The van der Waals surface area contributed by atoms with E-state index >= 15 is 0 Å². The molecule has 0 unspecified atom stereocenters. The van der Waals surface area contributed by atoms with Gasteiger partial charge in [-0.05, 0) is 19.8 Å². The van der Waals surface area contributed by atoms with Crippen molar-refractivity contribution in [3.8, 4) is 0 Å². The van der Waals surface area contributed by atoms with E-state index in [2.05, 4.69) is 24.3 Å². The van der Waals surface area contributed by atoms with Gasteiger partial charge in [-0.1, -0.05) is 6.92 Å². The summed E-state index contributed by atoms with van der Waals surface area (Å²) < 4.78 is 7.00. The standard InChI is InChI=1S/C11H21N3O/c1-4-6-14-9-11(8-12-14)13-10(2)5-7-15-3/h8-10,13H,4-7H2,1-3H3/t10-/m0/s1. The highest BCUT2D eigenvalue weighted by Crippen LogP contribution is 2.08. The van der Waals surface area contributed by atoms with E-state index in [1.165, 1.54) is 0 Å². The fraction of sp³-hybridized carbons (Fsp3) is 0.727. The number of methoxy groups -OCH3 is 1. The number of aromatic nitrogens is 2. The molecule has 1 rings (SSSR count). The Balaban J connectivity index is 2.35. The Morgan fingerprint density at radius 3 is 3.07 bits per heavy atom. The first-order chi connectivity index (χ1) is 7.26. The molecule has 0 saturated carbocycles. The van der Waals surface area contributed by atoms with Crippen LogP contribution in [0.4, 0.5) is 5.69 Å². The topological polar surface area (TPSA) is 39.1 Å². The Hall–Kier alpha value is -1.03. The number of hydrogen-bond donors (Lipinski definition) is 1. The van der Waals surface area contributed by atoms with Gasteiger partial charge >= 0.3 is 0 Å². The van der Waals surface area contributed by atoms with Crippen LogP contribution in [0.15, 0.2) is 12.4 Å². The number of nitrogens with one attached hydrogen (secondary N) is 1. The zero-order chi connectivity index (χ0) is 11.1. The Morgan fingerprint density at radius 1 is 1.60 bits per heavy atom. The summed E-state index contributed by atoms with van der Waals surface area (Å²) >= 11 is 0. The predicted molar refractivity (Wildman–Crippen MR) is 62.1 cm³/mol. The molecule has 0 aliphatic rings. The molecule has 0 radical (unpaired) electrons. The van der Waals surface area contributed by atoms with Crippen molar-refractivity contribution in [3.63, 3.8) is 0 Å². The quantitative estimate of drug-likeness (QED) is 0.751. The van der Waals surface area contributed by atoms with Crippen LogP contribution in [0.25, 0.3) is 0 Å². The maximum atomic E-state index is 5.03. The second kappa shape index (κ2) is 6.45. The summed E-state index contributed by atoms with van der Waals surface area (Å²) in [6.45, 7) is 6.07. The summed E-state index contributed by atoms with van der Waals surface area (Å²) in [5.41, 5.74) is 1.09. The van der Waals surface area contributed by atoms with Gasteiger partial charge in [-0.2, -0.15) is 5.10 Å². The van der Waals surface area contributed by atoms with Crippen LogP contribution in [-0.4, -0.2) is 29.5 Å². The molecule has 0 amide bonds. The van der Waals surface area contributed by atoms with E-state index in [4.69, 9.17) is 4.74 Å². The average Bonchev–Trinajstić information content (AvgIpc) is 2.63. The van der Waals surface area contributed by atoms with Gasteiger partial charge in [0.15, 0.2) is 0 Å². The molecule has 15 heavy (non-hydrogen) atoms. The lowest BCUT2D eigenvalue weighted by Gasteiger charge is -2.12. The Morgan fingerprint density at radius 2 is 2.40 bits per heavy atom. The lowest BCUT2D eigenvalue weighted by atomic mass is 10.2. The molecular weight excluding hydrogens is 190 g/mol. The molecule has 0 bridgehead atoms. The van der Waals surface area contributed by atoms with Crippen molar-refractivity contribution in [2.75, 3.05) is 19.0 Å². The van der Waals surface area contributed by atoms with E-state index in [1.54, 1.807) is 7.11 Å². The van der Waals surface area contributed by atoms with Gasteiger partial charge in [0.05, 0.1) is 11.9 Å². The first kappa shape index (κ1) is 12.0. The fourth-order valence-electron chi connectivity index (χ4n) is 1.44. The third-order valence-corrected chi connectivity index (χ3v) is 2.25. The SMILES string of the molecule is CCCn1cc(N[C@@H](C)CCOC)cn1. The Labute approximate surface area is 91.6 Å². The second-order valence-corrected chi connectivity index (χ2v) is 3.82. The van der Waals surface area contributed by atoms with Crippen molar-refractivity contribution in [1.82, 2.24) is 9.78 Å². The summed E-state index contributed by atoms with van der Waals surface area (Å²) in [5.74, 6) is 0. The lowest BCUT2D eigenvalue weighted by molar-refractivity contribution is 0.191. The van der Waals surface area contributed by atoms with E-state index < -0.39 is 0 Å². The molecule has 1 heterocycles. The second-order valence-electron chi connectivity index (χ2n) is 3.82. The van der Waals surface area contributed by atoms with E-state index in [-0.39, 0.29) is 0 Å². The summed E-state index contributed by atoms with van der Waals surface area (Å²) in [6.07, 6.45) is 6.04. The van der Waals surface area contributed by atoms with Crippen molar-refractivity contribution in [2.24, 2.45) is 0 Å². The van der Waals surface area contributed by atoms with Crippen molar-refractivity contribution >= 4 is 5.69 Å². The Bertz CT molecular complexity index is 273. The average molecular weight is 211 g/mol. The van der Waals surface area contributed by atoms with Gasteiger partial charge in [-0.3, -0.25) is 4.68 Å². The number of nitrogens with zero attached hydrogens (tertiary/aromatic N) is 2. The first-order valence-corrected chi connectivity index (χ1v) is 5.54. The number of rotatable bonds is 7. The molecule has 4 nitrogen and oxygen atoms in total. The van der Waals surface area contributed by atoms with E-state index in [9.17, 15) is 0 Å². The molecule has 1 aromatic heterocycles. The third kappa shape index (κ3) is 4.34. The molecule has 0 spiro atoms. The number of hydrogen-bond acceptors (Lipinski definition) is 3. The van der Waals surface area contributed by atoms with E-state index in [0.717, 1.165) is 31.7 Å². The number of aryl methyl sites for hydroxylation is 1. The zero-order valence-electron chi connectivity index (χ0n) is 9.86. The predicted octanol–water partition coefficient (Wildman–Crippen LogP) is 2.13. The maximum absolute atomic E-state index is 5.03. The zero-order valence-corrected chi connectivity index (χ0v) is 9.86. The van der Waals surface area contributed by atoms with Crippen LogP contribution in [0.3, 0.4) is 0 Å². The minimum atomic E-state index is 0.421. The summed E-state index contributed by atoms with van der Waals surface area (Å²) in [6, 6.07) is 0.421. The molecule has 0 saturated heterocycles. The van der Waals surface area contributed by atoms with Gasteiger partial charge in [-0.15, -0.1) is 0 Å². The van der Waals surface area contributed by atoms with Crippen molar-refractivity contribution in [1.29, 1.82) is 0 Å². The van der Waals surface area contributed by atoms with Gasteiger partial charge in [0.25, 0.3) is 0 Å². The lowest BCUT2D eigenvalue weighted by Crippen LogP contribution is -2.16. The molecule has 0 fully saturated rings. The van der Waals surface area contributed by atoms with Crippen LogP contribution in [0.5, 0.6) is 0 Å². The highest BCUT2D eigenvalue weighted by molar-refractivity contribution is 5.38. The largest absolute Gasteiger partial charge is 0.385 e. The molecule has 1 aromatic rings. The van der Waals surface area contributed by atoms with Crippen LogP contribution in [0, 0.1) is 0 Å². The fourth-order valence-corrected chi connectivity index (χ4v) is 1.44. The van der Waals surface area contributed by atoms with Gasteiger partial charge in [-0.25, -0.2) is 0 Å². The number of anilines is 1. The molecule has 1 N–H and O–H groups in total. The normalized spacial score (nSPS) is 12.7. The molecule has 4 heteroatoms. The highest BCUT2D eigenvalue weighted by atomic mass is 16.5. The van der Waals surface area contributed by atoms with Crippen LogP contribution in [0.2, 0.25) is 0 Å². The van der Waals surface area contributed by atoms with Crippen LogP contribution >= 0.6 is 0 Å². The smallest absolute Gasteiger partial charge is 0.0728 e. The van der Waals surface area contributed by atoms with Gasteiger partial charge < -0.3 is 10.1 Å². The van der Waals surface area contributed by atoms with Crippen LogP contribution < -0.4 is 5.32 Å². The monoisotopic (exact) mass is 211 g/mol. The van der Waals surface area contributed by atoms with Gasteiger partial charge in [0.2, 0.25) is 0 Å². The van der Waals surface area contributed by atoms with Crippen molar-refractivity contribution < 1.29 is 4.74 Å². The Kier molecular flexibility index (Phi) is 5.18. The molecule has 0 aliphatic carbocycles. The molecule has 0 aromatic carbocycles. The summed E-state index contributed by atoms with van der Waals surface area (Å²) in [7, 11) is 1.73. The summed E-state index contributed by atoms with van der Waals surface area (Å²) in [4.78, 5) is 0. The van der Waals surface area contributed by atoms with Crippen LogP contribution in [0.1, 0.15) is 26.7 Å². The van der Waals surface area contributed by atoms with Gasteiger partial charge in [0.1, 0.15) is 0 Å². The maximum Gasteiger partial charge on any atom is 0.0728 e. The summed E-state index contributed by atoms with van der Waals surface area (Å²) in [5, 5.41) is 7.65.